The van der Waals surface area contributed by atoms with E-state index in [-0.39, 0.29) is 5.91 Å². The van der Waals surface area contributed by atoms with E-state index in [0.29, 0.717) is 28.4 Å². The Kier molecular flexibility index (Phi) is 6.66. The van der Waals surface area contributed by atoms with Gasteiger partial charge in [0.25, 0.3) is 5.91 Å². The van der Waals surface area contributed by atoms with Crippen LogP contribution in [0.3, 0.4) is 0 Å². The van der Waals surface area contributed by atoms with Gasteiger partial charge in [0, 0.05) is 17.2 Å². The van der Waals surface area contributed by atoms with Gasteiger partial charge < -0.3 is 14.4 Å². The Morgan fingerprint density at radius 2 is 1.80 bits per heavy atom. The van der Waals surface area contributed by atoms with E-state index in [2.05, 4.69) is 27.3 Å². The van der Waals surface area contributed by atoms with Gasteiger partial charge in [0.2, 0.25) is 0 Å². The van der Waals surface area contributed by atoms with Crippen LogP contribution in [0.1, 0.15) is 26.3 Å². The summed E-state index contributed by atoms with van der Waals surface area (Å²) in [6.07, 6.45) is 0. The molecule has 0 spiro atoms. The van der Waals surface area contributed by atoms with Crippen molar-refractivity contribution < 1.29 is 19.1 Å². The first-order chi connectivity index (χ1) is 11.9. The van der Waals surface area contributed by atoms with Crippen LogP contribution < -0.4 is 4.74 Å². The van der Waals surface area contributed by atoms with Gasteiger partial charge in [-0.05, 0) is 52.4 Å². The quantitative estimate of drug-likeness (QED) is 0.486. The van der Waals surface area contributed by atoms with E-state index in [9.17, 15) is 9.59 Å². The van der Waals surface area contributed by atoms with Crippen LogP contribution >= 0.6 is 34.2 Å². The number of esters is 1. The van der Waals surface area contributed by atoms with Gasteiger partial charge in [0.05, 0.1) is 30.4 Å². The third-order valence-corrected chi connectivity index (χ3v) is 5.14. The molecular weight excluding hydrogens is 457 g/mol. The predicted molar refractivity (Wildman–Crippen MR) is 104 cm³/mol. The maximum absolute atomic E-state index is 12.7. The van der Waals surface area contributed by atoms with Gasteiger partial charge in [-0.1, -0.05) is 23.7 Å². The number of carbonyl (C=O) groups is 2. The highest BCUT2D eigenvalue weighted by molar-refractivity contribution is 14.1. The highest BCUT2D eigenvalue weighted by atomic mass is 127. The third kappa shape index (κ3) is 4.64. The van der Waals surface area contributed by atoms with Crippen LogP contribution in [0.4, 0.5) is 0 Å². The normalized spacial score (nSPS) is 10.3. The smallest absolute Gasteiger partial charge is 0.337 e. The first-order valence-corrected chi connectivity index (χ1v) is 8.78. The molecule has 2 aromatic rings. The van der Waals surface area contributed by atoms with E-state index in [1.165, 1.54) is 14.2 Å². The maximum Gasteiger partial charge on any atom is 0.337 e. The Hall–Kier alpha value is -1.80. The van der Waals surface area contributed by atoms with Gasteiger partial charge in [-0.2, -0.15) is 0 Å². The monoisotopic (exact) mass is 473 g/mol. The fraction of sp³-hybridized carbons (Fsp3) is 0.222. The van der Waals surface area contributed by atoms with Crippen molar-refractivity contribution in [1.29, 1.82) is 0 Å². The molecule has 0 bridgehead atoms. The topological polar surface area (TPSA) is 55.8 Å². The Bertz CT molecular complexity index is 792. The standard InChI is InChI=1S/C18H17ClINO4/c1-21(10-11-4-6-12(7-5-11)18(23)25-3)17(22)13-8-14(19)15(20)9-16(13)24-2/h4-9H,10H2,1-3H3. The second-order valence-corrected chi connectivity index (χ2v) is 6.89. The summed E-state index contributed by atoms with van der Waals surface area (Å²) in [5.74, 6) is -0.117. The van der Waals surface area contributed by atoms with E-state index >= 15 is 0 Å². The molecule has 0 aliphatic heterocycles. The minimum atomic E-state index is -0.394. The van der Waals surface area contributed by atoms with Crippen molar-refractivity contribution in [2.45, 2.75) is 6.54 Å². The fourth-order valence-electron chi connectivity index (χ4n) is 2.28. The zero-order chi connectivity index (χ0) is 18.6. The largest absolute Gasteiger partial charge is 0.496 e. The molecule has 0 radical (unpaired) electrons. The molecule has 0 aliphatic carbocycles. The minimum Gasteiger partial charge on any atom is -0.496 e. The van der Waals surface area contributed by atoms with Crippen molar-refractivity contribution >= 4 is 46.1 Å². The van der Waals surface area contributed by atoms with Crippen LogP contribution in [0, 0.1) is 3.57 Å². The predicted octanol–water partition coefficient (Wildman–Crippen LogP) is 4.01. The molecule has 0 atom stereocenters. The lowest BCUT2D eigenvalue weighted by Crippen LogP contribution is -2.26. The molecule has 0 N–H and O–H groups in total. The highest BCUT2D eigenvalue weighted by Gasteiger charge is 2.19. The van der Waals surface area contributed by atoms with Crippen molar-refractivity contribution in [1.82, 2.24) is 4.90 Å². The molecule has 0 unspecified atom stereocenters. The summed E-state index contributed by atoms with van der Waals surface area (Å²) >= 11 is 8.22. The van der Waals surface area contributed by atoms with Crippen molar-refractivity contribution in [2.24, 2.45) is 0 Å². The molecule has 0 aliphatic rings. The number of hydrogen-bond acceptors (Lipinski definition) is 4. The molecule has 0 aromatic heterocycles. The van der Waals surface area contributed by atoms with Crippen LogP contribution in [0.15, 0.2) is 36.4 Å². The van der Waals surface area contributed by atoms with E-state index in [4.69, 9.17) is 16.3 Å². The average Bonchev–Trinajstić information content (AvgIpc) is 2.62. The molecule has 7 heteroatoms. The molecule has 0 fully saturated rings. The lowest BCUT2D eigenvalue weighted by molar-refractivity contribution is 0.0600. The van der Waals surface area contributed by atoms with Gasteiger partial charge >= 0.3 is 5.97 Å². The number of benzene rings is 2. The summed E-state index contributed by atoms with van der Waals surface area (Å²) in [4.78, 5) is 25.7. The van der Waals surface area contributed by atoms with E-state index in [1.807, 2.05) is 0 Å². The number of hydrogen-bond donors (Lipinski definition) is 0. The minimum absolute atomic E-state index is 0.202. The summed E-state index contributed by atoms with van der Waals surface area (Å²) in [5, 5.41) is 0.501. The molecular formula is C18H17ClINO4. The molecule has 2 rings (SSSR count). The first kappa shape index (κ1) is 19.5. The summed E-state index contributed by atoms with van der Waals surface area (Å²) in [6, 6.07) is 10.3. The first-order valence-electron chi connectivity index (χ1n) is 7.33. The number of amides is 1. The maximum atomic E-state index is 12.7. The zero-order valence-corrected chi connectivity index (χ0v) is 16.9. The molecule has 132 valence electrons. The van der Waals surface area contributed by atoms with Gasteiger partial charge in [-0.15, -0.1) is 0 Å². The number of nitrogens with zero attached hydrogens (tertiary/aromatic N) is 1. The van der Waals surface area contributed by atoms with Gasteiger partial charge in [0.1, 0.15) is 5.75 Å². The van der Waals surface area contributed by atoms with Crippen molar-refractivity contribution in [3.8, 4) is 5.75 Å². The number of methoxy groups -OCH3 is 2. The number of carbonyl (C=O) groups excluding carboxylic acids is 2. The summed E-state index contributed by atoms with van der Waals surface area (Å²) < 4.78 is 10.8. The van der Waals surface area contributed by atoms with Gasteiger partial charge in [0.15, 0.2) is 0 Å². The Morgan fingerprint density at radius 3 is 2.36 bits per heavy atom. The highest BCUT2D eigenvalue weighted by Crippen LogP contribution is 2.29. The van der Waals surface area contributed by atoms with Crippen molar-refractivity contribution in [3.63, 3.8) is 0 Å². The van der Waals surface area contributed by atoms with Gasteiger partial charge in [-0.3, -0.25) is 4.79 Å². The summed E-state index contributed by atoms with van der Waals surface area (Å²) in [7, 11) is 4.55. The molecule has 25 heavy (non-hydrogen) atoms. The van der Waals surface area contributed by atoms with Crippen LogP contribution in [0.25, 0.3) is 0 Å². The molecule has 0 heterocycles. The second-order valence-electron chi connectivity index (χ2n) is 5.32. The molecule has 1 amide bonds. The summed E-state index contributed by atoms with van der Waals surface area (Å²) in [5.41, 5.74) is 1.76. The van der Waals surface area contributed by atoms with Crippen LogP contribution in [0.2, 0.25) is 5.02 Å². The van der Waals surface area contributed by atoms with Crippen LogP contribution in [-0.2, 0) is 11.3 Å². The Balaban J connectivity index is 2.18. The third-order valence-electron chi connectivity index (χ3n) is 3.61. The van der Waals surface area contributed by atoms with Crippen LogP contribution in [0.5, 0.6) is 5.75 Å². The molecule has 0 saturated heterocycles. The van der Waals surface area contributed by atoms with Crippen LogP contribution in [-0.4, -0.2) is 38.0 Å². The fourth-order valence-corrected chi connectivity index (χ4v) is 2.88. The van der Waals surface area contributed by atoms with Crippen molar-refractivity contribution in [3.05, 3.63) is 61.7 Å². The molecule has 0 saturated carbocycles. The lowest BCUT2D eigenvalue weighted by atomic mass is 10.1. The molecule has 5 nitrogen and oxygen atoms in total. The van der Waals surface area contributed by atoms with E-state index < -0.39 is 5.97 Å². The molecule has 2 aromatic carbocycles. The summed E-state index contributed by atoms with van der Waals surface area (Å²) in [6.45, 7) is 0.382. The van der Waals surface area contributed by atoms with E-state index in [0.717, 1.165) is 9.13 Å². The zero-order valence-electron chi connectivity index (χ0n) is 14.0. The number of ether oxygens (including phenoxy) is 2. The number of halogens is 2. The number of rotatable bonds is 5. The average molecular weight is 474 g/mol. The SMILES string of the molecule is COC(=O)c1ccc(CN(C)C(=O)c2cc(Cl)c(I)cc2OC)cc1. The Morgan fingerprint density at radius 1 is 1.16 bits per heavy atom. The second kappa shape index (κ2) is 8.53. The Labute approximate surface area is 165 Å². The van der Waals surface area contributed by atoms with Crippen molar-refractivity contribution in [2.75, 3.05) is 21.3 Å². The lowest BCUT2D eigenvalue weighted by Gasteiger charge is -2.19. The van der Waals surface area contributed by atoms with Gasteiger partial charge in [-0.25, -0.2) is 4.79 Å². The van der Waals surface area contributed by atoms with E-state index in [1.54, 1.807) is 48.3 Å².